The van der Waals surface area contributed by atoms with Crippen LogP contribution in [-0.4, -0.2) is 46.5 Å². The monoisotopic (exact) mass is 361 g/mol. The summed E-state index contributed by atoms with van der Waals surface area (Å²) in [5, 5.41) is 2.71. The van der Waals surface area contributed by atoms with Crippen LogP contribution in [0, 0.1) is 0 Å². The first-order valence-corrected chi connectivity index (χ1v) is 9.03. The molecule has 1 amide bonds. The summed E-state index contributed by atoms with van der Waals surface area (Å²) < 4.78 is 7.31. The van der Waals surface area contributed by atoms with Crippen LogP contribution in [0.1, 0.15) is 5.69 Å². The Balaban J connectivity index is 1.58. The number of amides is 1. The fourth-order valence-electron chi connectivity index (χ4n) is 2.80. The molecule has 3 aromatic rings. The predicted octanol–water partition coefficient (Wildman–Crippen LogP) is 3.12. The molecule has 1 aromatic carbocycles. The number of hydrogen-bond acceptors (Lipinski definition) is 4. The lowest BCUT2D eigenvalue weighted by Gasteiger charge is -2.26. The van der Waals surface area contributed by atoms with E-state index in [4.69, 9.17) is 16.3 Å². The highest BCUT2D eigenvalue weighted by molar-refractivity contribution is 7.15. The largest absolute Gasteiger partial charge is 0.378 e. The minimum absolute atomic E-state index is 0.139. The topological polar surface area (TPSA) is 46.8 Å². The van der Waals surface area contributed by atoms with E-state index in [1.165, 1.54) is 0 Å². The Kier molecular flexibility index (Phi) is 4.26. The lowest BCUT2D eigenvalue weighted by Crippen LogP contribution is -2.41. The van der Waals surface area contributed by atoms with Crippen molar-refractivity contribution >= 4 is 33.8 Å². The molecule has 0 saturated carbocycles. The van der Waals surface area contributed by atoms with Gasteiger partial charge in [-0.1, -0.05) is 23.7 Å². The van der Waals surface area contributed by atoms with E-state index >= 15 is 0 Å². The van der Waals surface area contributed by atoms with Crippen molar-refractivity contribution in [3.8, 4) is 11.3 Å². The van der Waals surface area contributed by atoms with Crippen LogP contribution in [0.15, 0.2) is 35.8 Å². The zero-order valence-electron chi connectivity index (χ0n) is 12.9. The molecule has 7 heteroatoms. The fourth-order valence-corrected chi connectivity index (χ4v) is 3.79. The normalized spacial score (nSPS) is 15.1. The highest BCUT2D eigenvalue weighted by atomic mass is 35.5. The van der Waals surface area contributed by atoms with Crippen LogP contribution in [0.4, 0.5) is 0 Å². The highest BCUT2D eigenvalue weighted by Crippen LogP contribution is 2.25. The predicted molar refractivity (Wildman–Crippen MR) is 94.6 cm³/mol. The van der Waals surface area contributed by atoms with E-state index in [2.05, 4.69) is 4.98 Å². The first-order valence-electron chi connectivity index (χ1n) is 7.77. The van der Waals surface area contributed by atoms with Crippen LogP contribution in [0.5, 0.6) is 0 Å². The Morgan fingerprint density at radius 2 is 2.00 bits per heavy atom. The molecule has 0 atom stereocenters. The summed E-state index contributed by atoms with van der Waals surface area (Å²) in [5.41, 5.74) is 2.87. The molecule has 0 spiro atoms. The van der Waals surface area contributed by atoms with Crippen molar-refractivity contribution < 1.29 is 9.53 Å². The van der Waals surface area contributed by atoms with E-state index in [-0.39, 0.29) is 5.91 Å². The number of aromatic nitrogens is 2. The summed E-state index contributed by atoms with van der Waals surface area (Å²) in [5.74, 6) is 0.139. The Labute approximate surface area is 148 Å². The second kappa shape index (κ2) is 6.55. The van der Waals surface area contributed by atoms with Gasteiger partial charge in [0.05, 0.1) is 25.3 Å². The van der Waals surface area contributed by atoms with Crippen LogP contribution >= 0.6 is 22.9 Å². The van der Waals surface area contributed by atoms with Gasteiger partial charge in [-0.25, -0.2) is 4.98 Å². The SMILES string of the molecule is O=C(Cc1csc2nc(-c3ccc(Cl)cc3)cn12)N1CCOCC1. The highest BCUT2D eigenvalue weighted by Gasteiger charge is 2.19. The average molecular weight is 362 g/mol. The number of imidazole rings is 1. The molecule has 0 bridgehead atoms. The van der Waals surface area contributed by atoms with Gasteiger partial charge in [-0.05, 0) is 12.1 Å². The zero-order chi connectivity index (χ0) is 16.5. The molecule has 4 rings (SSSR count). The van der Waals surface area contributed by atoms with Crippen molar-refractivity contribution in [3.05, 3.63) is 46.6 Å². The van der Waals surface area contributed by atoms with E-state index in [1.54, 1.807) is 11.3 Å². The number of halogens is 1. The molecule has 3 heterocycles. The van der Waals surface area contributed by atoms with Gasteiger partial charge in [0.25, 0.3) is 0 Å². The Morgan fingerprint density at radius 1 is 1.25 bits per heavy atom. The van der Waals surface area contributed by atoms with Crippen molar-refractivity contribution in [1.82, 2.24) is 14.3 Å². The van der Waals surface area contributed by atoms with E-state index < -0.39 is 0 Å². The molecule has 2 aromatic heterocycles. The summed E-state index contributed by atoms with van der Waals surface area (Å²) in [6.07, 6.45) is 2.37. The maximum Gasteiger partial charge on any atom is 0.228 e. The number of thiazole rings is 1. The van der Waals surface area contributed by atoms with Gasteiger partial charge in [0, 0.05) is 40.9 Å². The average Bonchev–Trinajstić information content (AvgIpc) is 3.18. The molecule has 24 heavy (non-hydrogen) atoms. The number of rotatable bonds is 3. The van der Waals surface area contributed by atoms with E-state index in [0.717, 1.165) is 21.9 Å². The molecule has 0 aliphatic carbocycles. The smallest absolute Gasteiger partial charge is 0.228 e. The van der Waals surface area contributed by atoms with Gasteiger partial charge in [0.15, 0.2) is 4.96 Å². The zero-order valence-corrected chi connectivity index (χ0v) is 14.5. The Morgan fingerprint density at radius 3 is 2.75 bits per heavy atom. The Hall–Kier alpha value is -1.89. The number of ether oxygens (including phenoxy) is 1. The summed E-state index contributed by atoms with van der Waals surface area (Å²) in [6, 6.07) is 7.61. The number of hydrogen-bond donors (Lipinski definition) is 0. The molecular weight excluding hydrogens is 346 g/mol. The number of carbonyl (C=O) groups is 1. The number of carbonyl (C=O) groups excluding carboxylic acids is 1. The summed E-state index contributed by atoms with van der Waals surface area (Å²) in [7, 11) is 0. The minimum Gasteiger partial charge on any atom is -0.378 e. The third-order valence-electron chi connectivity index (χ3n) is 4.12. The number of nitrogens with zero attached hydrogens (tertiary/aromatic N) is 3. The van der Waals surface area contributed by atoms with E-state index in [9.17, 15) is 4.79 Å². The van der Waals surface area contributed by atoms with E-state index in [0.29, 0.717) is 37.7 Å². The molecule has 0 N–H and O–H groups in total. The van der Waals surface area contributed by atoms with Crippen molar-refractivity contribution in [3.63, 3.8) is 0 Å². The standard InChI is InChI=1S/C17H16ClN3O2S/c18-13-3-1-12(2-4-13)15-10-21-14(11-24-17(21)19-15)9-16(22)20-5-7-23-8-6-20/h1-4,10-11H,5-9H2. The van der Waals surface area contributed by atoms with Crippen LogP contribution in [0.25, 0.3) is 16.2 Å². The quantitative estimate of drug-likeness (QED) is 0.720. The molecule has 124 valence electrons. The first-order chi connectivity index (χ1) is 11.7. The fraction of sp³-hybridized carbons (Fsp3) is 0.294. The summed E-state index contributed by atoms with van der Waals surface area (Å²) in [6.45, 7) is 2.59. The summed E-state index contributed by atoms with van der Waals surface area (Å²) in [4.78, 5) is 19.9. The number of fused-ring (bicyclic) bond motifs is 1. The molecule has 1 aliphatic rings. The van der Waals surface area contributed by atoms with Gasteiger partial charge >= 0.3 is 0 Å². The van der Waals surface area contributed by atoms with Crippen LogP contribution < -0.4 is 0 Å². The van der Waals surface area contributed by atoms with Gasteiger partial charge in [-0.2, -0.15) is 0 Å². The van der Waals surface area contributed by atoms with Crippen LogP contribution in [0.3, 0.4) is 0 Å². The van der Waals surface area contributed by atoms with Crippen molar-refractivity contribution in [2.75, 3.05) is 26.3 Å². The van der Waals surface area contributed by atoms with Gasteiger partial charge in [-0.15, -0.1) is 11.3 Å². The van der Waals surface area contributed by atoms with Crippen molar-refractivity contribution in [2.45, 2.75) is 6.42 Å². The van der Waals surface area contributed by atoms with Gasteiger partial charge in [0.1, 0.15) is 0 Å². The number of morpholine rings is 1. The third kappa shape index (κ3) is 3.05. The molecule has 5 nitrogen and oxygen atoms in total. The lowest BCUT2D eigenvalue weighted by molar-refractivity contribution is -0.134. The second-order valence-electron chi connectivity index (χ2n) is 5.68. The Bertz CT molecular complexity index is 866. The van der Waals surface area contributed by atoms with Crippen LogP contribution in [-0.2, 0) is 16.0 Å². The lowest BCUT2D eigenvalue weighted by atomic mass is 10.2. The van der Waals surface area contributed by atoms with Gasteiger partial charge < -0.3 is 9.64 Å². The first kappa shape index (κ1) is 15.6. The van der Waals surface area contributed by atoms with Crippen molar-refractivity contribution in [1.29, 1.82) is 0 Å². The maximum absolute atomic E-state index is 12.5. The van der Waals surface area contributed by atoms with Gasteiger partial charge in [-0.3, -0.25) is 9.20 Å². The van der Waals surface area contributed by atoms with E-state index in [1.807, 2.05) is 45.1 Å². The molecule has 1 aliphatic heterocycles. The molecule has 0 unspecified atom stereocenters. The molecule has 0 radical (unpaired) electrons. The molecule has 1 fully saturated rings. The maximum atomic E-state index is 12.5. The minimum atomic E-state index is 0.139. The second-order valence-corrected chi connectivity index (χ2v) is 6.96. The third-order valence-corrected chi connectivity index (χ3v) is 5.26. The van der Waals surface area contributed by atoms with Gasteiger partial charge in [0.2, 0.25) is 5.91 Å². The van der Waals surface area contributed by atoms with Crippen LogP contribution in [0.2, 0.25) is 5.02 Å². The number of benzene rings is 1. The van der Waals surface area contributed by atoms with Crippen molar-refractivity contribution in [2.24, 2.45) is 0 Å². The summed E-state index contributed by atoms with van der Waals surface area (Å²) >= 11 is 7.49. The molecular formula is C17H16ClN3O2S. The molecule has 1 saturated heterocycles.